The largest absolute Gasteiger partial charge is 0.416 e. The molecule has 2 heterocycles. The lowest BCUT2D eigenvalue weighted by atomic mass is 10.1. The van der Waals surface area contributed by atoms with Crippen LogP contribution in [0.3, 0.4) is 0 Å². The van der Waals surface area contributed by atoms with Crippen LogP contribution in [-0.4, -0.2) is 41.7 Å². The molecule has 0 bridgehead atoms. The molecule has 5 nitrogen and oxygen atoms in total. The molecule has 0 spiro atoms. The number of hydrogen-bond donors (Lipinski definition) is 0. The highest BCUT2D eigenvalue weighted by molar-refractivity contribution is 5.97. The number of morpholine rings is 1. The minimum Gasteiger partial charge on any atom is -0.378 e. The fourth-order valence-electron chi connectivity index (χ4n) is 2.92. The summed E-state index contributed by atoms with van der Waals surface area (Å²) in [5.41, 5.74) is -1.33. The fourth-order valence-corrected chi connectivity index (χ4v) is 2.92. The molecule has 0 radical (unpaired) electrons. The molecule has 1 aliphatic heterocycles. The van der Waals surface area contributed by atoms with E-state index in [9.17, 15) is 22.8 Å². The second-order valence-corrected chi connectivity index (χ2v) is 5.79. The van der Waals surface area contributed by atoms with E-state index in [4.69, 9.17) is 4.74 Å². The first-order chi connectivity index (χ1) is 11.8. The minimum atomic E-state index is -4.55. The predicted octanol–water partition coefficient (Wildman–Crippen LogP) is 2.51. The average Bonchev–Trinajstić information content (AvgIpc) is 2.61. The topological polar surface area (TPSA) is 51.5 Å². The molecular weight excluding hydrogens is 337 g/mol. The number of aromatic nitrogens is 1. The number of fused-ring (bicyclic) bond motifs is 1. The van der Waals surface area contributed by atoms with Gasteiger partial charge in [-0.15, -0.1) is 0 Å². The van der Waals surface area contributed by atoms with Gasteiger partial charge in [0.15, 0.2) is 0 Å². The summed E-state index contributed by atoms with van der Waals surface area (Å²) in [5, 5.41) is -0.101. The van der Waals surface area contributed by atoms with Gasteiger partial charge in [0.05, 0.1) is 24.3 Å². The number of alkyl halides is 3. The normalized spacial score (nSPS) is 15.6. The first-order valence-corrected chi connectivity index (χ1v) is 7.94. The molecule has 1 amide bonds. The number of pyridine rings is 1. The molecule has 1 fully saturated rings. The number of ether oxygens (including phenoxy) is 1. The average molecular weight is 354 g/mol. The summed E-state index contributed by atoms with van der Waals surface area (Å²) < 4.78 is 45.7. The van der Waals surface area contributed by atoms with Crippen LogP contribution in [0.5, 0.6) is 0 Å². The van der Waals surface area contributed by atoms with Crippen molar-refractivity contribution in [2.24, 2.45) is 0 Å². The molecule has 1 aromatic heterocycles. The zero-order chi connectivity index (χ0) is 18.2. The molecule has 0 saturated carbocycles. The summed E-state index contributed by atoms with van der Waals surface area (Å²) >= 11 is 0. The van der Waals surface area contributed by atoms with Gasteiger partial charge in [0.2, 0.25) is 5.43 Å². The summed E-state index contributed by atoms with van der Waals surface area (Å²) in [5.74, 6) is -0.477. The number of benzene rings is 1. The summed E-state index contributed by atoms with van der Waals surface area (Å²) in [6.07, 6.45) is -3.13. The van der Waals surface area contributed by atoms with Crippen LogP contribution in [0, 0.1) is 0 Å². The zero-order valence-corrected chi connectivity index (χ0v) is 13.6. The molecule has 1 aromatic carbocycles. The molecule has 3 rings (SSSR count). The number of aryl methyl sites for hydroxylation is 1. The van der Waals surface area contributed by atoms with Gasteiger partial charge in [0.1, 0.15) is 5.56 Å². The van der Waals surface area contributed by atoms with Gasteiger partial charge in [-0.1, -0.05) is 0 Å². The first-order valence-electron chi connectivity index (χ1n) is 7.94. The van der Waals surface area contributed by atoms with Crippen LogP contribution in [0.2, 0.25) is 0 Å². The Morgan fingerprint density at radius 1 is 1.24 bits per heavy atom. The van der Waals surface area contributed by atoms with E-state index in [1.165, 1.54) is 17.2 Å². The van der Waals surface area contributed by atoms with Crippen LogP contribution in [0.25, 0.3) is 10.9 Å². The number of carbonyl (C=O) groups is 1. The Labute approximate surface area is 141 Å². The summed E-state index contributed by atoms with van der Waals surface area (Å²) in [7, 11) is 0. The Morgan fingerprint density at radius 2 is 1.92 bits per heavy atom. The van der Waals surface area contributed by atoms with Crippen LogP contribution in [-0.2, 0) is 17.5 Å². The number of amides is 1. The van der Waals surface area contributed by atoms with E-state index in [0.717, 1.165) is 12.1 Å². The fraction of sp³-hybridized carbons (Fsp3) is 0.412. The Balaban J connectivity index is 2.17. The smallest absolute Gasteiger partial charge is 0.378 e. The number of rotatable bonds is 2. The van der Waals surface area contributed by atoms with Gasteiger partial charge in [-0.3, -0.25) is 9.59 Å². The van der Waals surface area contributed by atoms with E-state index in [0.29, 0.717) is 38.4 Å². The van der Waals surface area contributed by atoms with Crippen molar-refractivity contribution in [3.05, 3.63) is 45.7 Å². The van der Waals surface area contributed by atoms with Crippen LogP contribution in [0.15, 0.2) is 29.2 Å². The highest BCUT2D eigenvalue weighted by atomic mass is 19.4. The quantitative estimate of drug-likeness (QED) is 0.833. The predicted molar refractivity (Wildman–Crippen MR) is 85.6 cm³/mol. The maximum absolute atomic E-state index is 13.0. The Kier molecular flexibility index (Phi) is 4.55. The van der Waals surface area contributed by atoms with Crippen molar-refractivity contribution in [3.8, 4) is 0 Å². The van der Waals surface area contributed by atoms with Crippen molar-refractivity contribution in [1.82, 2.24) is 9.47 Å². The van der Waals surface area contributed by atoms with Gasteiger partial charge in [0.25, 0.3) is 5.91 Å². The molecule has 1 saturated heterocycles. The third-order valence-corrected chi connectivity index (χ3v) is 4.28. The lowest BCUT2D eigenvalue weighted by Crippen LogP contribution is -2.42. The first kappa shape index (κ1) is 17.5. The molecule has 0 unspecified atom stereocenters. The highest BCUT2D eigenvalue weighted by Gasteiger charge is 2.31. The van der Waals surface area contributed by atoms with Crippen LogP contribution >= 0.6 is 0 Å². The standard InChI is InChI=1S/C17H17F3N2O3/c1-2-21-10-13(16(24)22-5-7-25-8-6-22)15(23)12-9-11(17(18,19)20)3-4-14(12)21/h3-4,9-10H,2,5-8H2,1H3. The summed E-state index contributed by atoms with van der Waals surface area (Å²) in [6, 6.07) is 3.03. The molecule has 25 heavy (non-hydrogen) atoms. The van der Waals surface area contributed by atoms with E-state index in [-0.39, 0.29) is 10.9 Å². The Morgan fingerprint density at radius 3 is 2.52 bits per heavy atom. The molecule has 0 aliphatic carbocycles. The third kappa shape index (κ3) is 3.26. The number of carbonyl (C=O) groups excluding carboxylic acids is 1. The second kappa shape index (κ2) is 6.51. The van der Waals surface area contributed by atoms with Crippen molar-refractivity contribution < 1.29 is 22.7 Å². The number of halogens is 3. The van der Waals surface area contributed by atoms with Gasteiger partial charge in [-0.2, -0.15) is 13.2 Å². The van der Waals surface area contributed by atoms with Crippen LogP contribution < -0.4 is 5.43 Å². The number of hydrogen-bond acceptors (Lipinski definition) is 3. The molecule has 0 N–H and O–H groups in total. The van der Waals surface area contributed by atoms with E-state index in [1.807, 2.05) is 0 Å². The Bertz CT molecular complexity index is 868. The van der Waals surface area contributed by atoms with Gasteiger partial charge in [0, 0.05) is 31.2 Å². The van der Waals surface area contributed by atoms with Crippen molar-refractivity contribution in [2.45, 2.75) is 19.6 Å². The van der Waals surface area contributed by atoms with E-state index >= 15 is 0 Å². The second-order valence-electron chi connectivity index (χ2n) is 5.79. The van der Waals surface area contributed by atoms with Crippen molar-refractivity contribution in [3.63, 3.8) is 0 Å². The van der Waals surface area contributed by atoms with E-state index in [1.54, 1.807) is 11.5 Å². The van der Waals surface area contributed by atoms with Gasteiger partial charge >= 0.3 is 6.18 Å². The van der Waals surface area contributed by atoms with Crippen molar-refractivity contribution in [2.75, 3.05) is 26.3 Å². The molecule has 8 heteroatoms. The Hall–Kier alpha value is -2.35. The van der Waals surface area contributed by atoms with Gasteiger partial charge < -0.3 is 14.2 Å². The van der Waals surface area contributed by atoms with Crippen LogP contribution in [0.4, 0.5) is 13.2 Å². The van der Waals surface area contributed by atoms with E-state index < -0.39 is 23.1 Å². The van der Waals surface area contributed by atoms with Gasteiger partial charge in [-0.25, -0.2) is 0 Å². The van der Waals surface area contributed by atoms with Crippen molar-refractivity contribution >= 4 is 16.8 Å². The molecule has 134 valence electrons. The maximum Gasteiger partial charge on any atom is 0.416 e. The van der Waals surface area contributed by atoms with E-state index in [2.05, 4.69) is 0 Å². The lowest BCUT2D eigenvalue weighted by molar-refractivity contribution is -0.137. The monoisotopic (exact) mass is 354 g/mol. The zero-order valence-electron chi connectivity index (χ0n) is 13.6. The molecule has 2 aromatic rings. The lowest BCUT2D eigenvalue weighted by Gasteiger charge is -2.27. The highest BCUT2D eigenvalue weighted by Crippen LogP contribution is 2.30. The third-order valence-electron chi connectivity index (χ3n) is 4.28. The molecular formula is C17H17F3N2O3. The minimum absolute atomic E-state index is 0.101. The van der Waals surface area contributed by atoms with Gasteiger partial charge in [-0.05, 0) is 25.1 Å². The van der Waals surface area contributed by atoms with Crippen LogP contribution in [0.1, 0.15) is 22.8 Å². The molecule has 1 aliphatic rings. The maximum atomic E-state index is 13.0. The summed E-state index contributed by atoms with van der Waals surface area (Å²) in [4.78, 5) is 26.8. The number of nitrogens with zero attached hydrogens (tertiary/aromatic N) is 2. The van der Waals surface area contributed by atoms with Crippen molar-refractivity contribution in [1.29, 1.82) is 0 Å². The summed E-state index contributed by atoms with van der Waals surface area (Å²) in [6.45, 7) is 3.67. The molecule has 0 atom stereocenters. The SMILES string of the molecule is CCn1cc(C(=O)N2CCOCC2)c(=O)c2cc(C(F)(F)F)ccc21.